The molecule has 1 amide bonds. The van der Waals surface area contributed by atoms with Gasteiger partial charge in [-0.3, -0.25) is 4.79 Å². The summed E-state index contributed by atoms with van der Waals surface area (Å²) < 4.78 is 26.8. The lowest BCUT2D eigenvalue weighted by Gasteiger charge is -2.13. The van der Waals surface area contributed by atoms with E-state index >= 15 is 0 Å². The number of hydrogen-bond acceptors (Lipinski definition) is 7. The number of aromatic nitrogens is 3. The van der Waals surface area contributed by atoms with Crippen molar-refractivity contribution in [1.29, 1.82) is 5.26 Å². The lowest BCUT2D eigenvalue weighted by atomic mass is 10.1. The summed E-state index contributed by atoms with van der Waals surface area (Å²) in [4.78, 5) is 21.8. The number of nitrogens with one attached hydrogen (secondary N) is 2. The highest BCUT2D eigenvalue weighted by Gasteiger charge is 2.19. The molecule has 0 unspecified atom stereocenters. The van der Waals surface area contributed by atoms with Crippen molar-refractivity contribution in [2.45, 2.75) is 0 Å². The number of carbonyl (C=O) groups excluding carboxylic acids is 1. The summed E-state index contributed by atoms with van der Waals surface area (Å²) in [5, 5.41) is 14.6. The molecule has 172 valence electrons. The second-order valence-corrected chi connectivity index (χ2v) is 7.56. The van der Waals surface area contributed by atoms with Crippen LogP contribution in [0.1, 0.15) is 15.9 Å². The molecular formula is C23H18ClFN6O3. The predicted octanol–water partition coefficient (Wildman–Crippen LogP) is 4.65. The van der Waals surface area contributed by atoms with E-state index in [0.717, 1.165) is 6.07 Å². The van der Waals surface area contributed by atoms with Crippen LogP contribution in [0.3, 0.4) is 0 Å². The van der Waals surface area contributed by atoms with Crippen LogP contribution >= 0.6 is 11.6 Å². The standard InChI is InChI=1S/C23H18ClFN6O3/c1-31-11-27-21-17(31)9-19(28-20-15(24)6-12(10-26)7-16(20)25)29-22(21)30-23(32)14-5-4-13(33-2)8-18(14)34-3/h4-9,11H,1-3H3,(H2,28,29,30,32). The van der Waals surface area contributed by atoms with Crippen molar-refractivity contribution in [1.82, 2.24) is 14.5 Å². The van der Waals surface area contributed by atoms with Gasteiger partial charge < -0.3 is 24.7 Å². The molecule has 0 radical (unpaired) electrons. The molecule has 0 fully saturated rings. The Morgan fingerprint density at radius 1 is 1.21 bits per heavy atom. The Morgan fingerprint density at radius 2 is 2.00 bits per heavy atom. The molecule has 9 nitrogen and oxygen atoms in total. The van der Waals surface area contributed by atoms with Gasteiger partial charge in [-0.05, 0) is 24.3 Å². The Morgan fingerprint density at radius 3 is 2.68 bits per heavy atom. The highest BCUT2D eigenvalue weighted by molar-refractivity contribution is 6.33. The fraction of sp³-hybridized carbons (Fsp3) is 0.130. The number of methoxy groups -OCH3 is 2. The smallest absolute Gasteiger partial charge is 0.260 e. The van der Waals surface area contributed by atoms with Gasteiger partial charge in [-0.25, -0.2) is 14.4 Å². The number of nitrogens with zero attached hydrogens (tertiary/aromatic N) is 4. The molecule has 0 aliphatic heterocycles. The number of ether oxygens (including phenoxy) is 2. The number of pyridine rings is 1. The summed E-state index contributed by atoms with van der Waals surface area (Å²) in [5.74, 6) is -0.00330. The first kappa shape index (κ1) is 22.8. The molecule has 4 rings (SSSR count). The van der Waals surface area contributed by atoms with Crippen LogP contribution in [0.15, 0.2) is 42.7 Å². The molecule has 4 aromatic rings. The first-order valence-electron chi connectivity index (χ1n) is 9.86. The number of carbonyl (C=O) groups is 1. The first-order chi connectivity index (χ1) is 16.3. The Bertz CT molecular complexity index is 1440. The van der Waals surface area contributed by atoms with Crippen LogP contribution in [0, 0.1) is 17.1 Å². The topological polar surface area (TPSA) is 114 Å². The predicted molar refractivity (Wildman–Crippen MR) is 125 cm³/mol. The summed E-state index contributed by atoms with van der Waals surface area (Å²) in [6, 6.07) is 10.7. The van der Waals surface area contributed by atoms with Gasteiger partial charge in [-0.15, -0.1) is 0 Å². The molecule has 0 saturated heterocycles. The quantitative estimate of drug-likeness (QED) is 0.413. The fourth-order valence-corrected chi connectivity index (χ4v) is 3.58. The first-order valence-corrected chi connectivity index (χ1v) is 10.2. The van der Waals surface area contributed by atoms with E-state index in [9.17, 15) is 9.18 Å². The molecule has 2 aromatic heterocycles. The van der Waals surface area contributed by atoms with Crippen LogP contribution in [-0.4, -0.2) is 34.7 Å². The molecule has 2 N–H and O–H groups in total. The number of halogens is 2. The van der Waals surface area contributed by atoms with E-state index in [2.05, 4.69) is 20.6 Å². The van der Waals surface area contributed by atoms with Gasteiger partial charge in [0, 0.05) is 19.2 Å². The Hall–Kier alpha value is -4.36. The van der Waals surface area contributed by atoms with E-state index in [4.69, 9.17) is 26.3 Å². The van der Waals surface area contributed by atoms with Crippen LogP contribution in [0.4, 0.5) is 21.7 Å². The number of benzene rings is 2. The van der Waals surface area contributed by atoms with Crippen LogP contribution < -0.4 is 20.1 Å². The molecule has 0 atom stereocenters. The van der Waals surface area contributed by atoms with Crippen LogP contribution in [0.5, 0.6) is 11.5 Å². The summed E-state index contributed by atoms with van der Waals surface area (Å²) in [6.07, 6.45) is 1.56. The number of imidazole rings is 1. The normalized spacial score (nSPS) is 10.6. The Labute approximate surface area is 198 Å². The largest absolute Gasteiger partial charge is 0.497 e. The molecule has 0 bridgehead atoms. The molecule has 0 saturated carbocycles. The van der Waals surface area contributed by atoms with Crippen molar-refractivity contribution < 1.29 is 18.7 Å². The van der Waals surface area contributed by atoms with E-state index in [1.807, 2.05) is 6.07 Å². The van der Waals surface area contributed by atoms with Gasteiger partial charge >= 0.3 is 0 Å². The number of fused-ring (bicyclic) bond motifs is 1. The number of rotatable bonds is 6. The summed E-state index contributed by atoms with van der Waals surface area (Å²) >= 11 is 6.16. The molecule has 0 aliphatic carbocycles. The Kier molecular flexibility index (Phi) is 6.21. The third-order valence-electron chi connectivity index (χ3n) is 5.02. The lowest BCUT2D eigenvalue weighted by Crippen LogP contribution is -2.15. The van der Waals surface area contributed by atoms with Gasteiger partial charge in [-0.2, -0.15) is 5.26 Å². The molecule has 11 heteroatoms. The van der Waals surface area contributed by atoms with Crippen molar-refractivity contribution in [3.8, 4) is 17.6 Å². The molecular weight excluding hydrogens is 463 g/mol. The van der Waals surface area contributed by atoms with Gasteiger partial charge in [-0.1, -0.05) is 11.6 Å². The van der Waals surface area contributed by atoms with Crippen molar-refractivity contribution in [2.75, 3.05) is 24.9 Å². The minimum absolute atomic E-state index is 0.0111. The summed E-state index contributed by atoms with van der Waals surface area (Å²) in [6.45, 7) is 0. The maximum absolute atomic E-state index is 14.6. The molecule has 2 heterocycles. The van der Waals surface area contributed by atoms with Crippen molar-refractivity contribution in [3.05, 3.63) is 64.7 Å². The zero-order valence-electron chi connectivity index (χ0n) is 18.3. The highest BCUT2D eigenvalue weighted by atomic mass is 35.5. The number of nitriles is 1. The minimum Gasteiger partial charge on any atom is -0.497 e. The van der Waals surface area contributed by atoms with Gasteiger partial charge in [0.2, 0.25) is 0 Å². The molecule has 34 heavy (non-hydrogen) atoms. The number of anilines is 3. The maximum atomic E-state index is 14.6. The van der Waals surface area contributed by atoms with Crippen molar-refractivity contribution >= 4 is 45.9 Å². The number of hydrogen-bond donors (Lipinski definition) is 2. The summed E-state index contributed by atoms with van der Waals surface area (Å²) in [7, 11) is 4.73. The average molecular weight is 481 g/mol. The molecule has 0 aliphatic rings. The number of aryl methyl sites for hydroxylation is 1. The van der Waals surface area contributed by atoms with E-state index < -0.39 is 11.7 Å². The summed E-state index contributed by atoms with van der Waals surface area (Å²) in [5.41, 5.74) is 1.35. The second kappa shape index (κ2) is 9.25. The van der Waals surface area contributed by atoms with Gasteiger partial charge in [0.15, 0.2) is 5.82 Å². The van der Waals surface area contributed by atoms with E-state index in [1.54, 1.807) is 42.2 Å². The van der Waals surface area contributed by atoms with Crippen LogP contribution in [0.2, 0.25) is 5.02 Å². The fourth-order valence-electron chi connectivity index (χ4n) is 3.32. The number of amides is 1. The van der Waals surface area contributed by atoms with E-state index in [0.29, 0.717) is 22.5 Å². The van der Waals surface area contributed by atoms with Crippen molar-refractivity contribution in [2.24, 2.45) is 7.05 Å². The van der Waals surface area contributed by atoms with Crippen LogP contribution in [-0.2, 0) is 7.05 Å². The van der Waals surface area contributed by atoms with E-state index in [-0.39, 0.29) is 33.5 Å². The molecule has 2 aromatic carbocycles. The zero-order chi connectivity index (χ0) is 24.4. The third-order valence-corrected chi connectivity index (χ3v) is 5.32. The minimum atomic E-state index is -0.718. The third kappa shape index (κ3) is 4.29. The van der Waals surface area contributed by atoms with Gasteiger partial charge in [0.05, 0.1) is 54.0 Å². The van der Waals surface area contributed by atoms with Gasteiger partial charge in [0.25, 0.3) is 5.91 Å². The van der Waals surface area contributed by atoms with E-state index in [1.165, 1.54) is 20.3 Å². The lowest BCUT2D eigenvalue weighted by molar-refractivity contribution is 0.102. The van der Waals surface area contributed by atoms with Crippen LogP contribution in [0.25, 0.3) is 11.0 Å². The molecule has 0 spiro atoms. The average Bonchev–Trinajstić information content (AvgIpc) is 3.21. The Balaban J connectivity index is 1.73. The monoisotopic (exact) mass is 480 g/mol. The highest BCUT2D eigenvalue weighted by Crippen LogP contribution is 2.32. The SMILES string of the molecule is COc1ccc(C(=O)Nc2nc(Nc3c(F)cc(C#N)cc3Cl)cc3c2ncn3C)c(OC)c1. The zero-order valence-corrected chi connectivity index (χ0v) is 19.1. The maximum Gasteiger partial charge on any atom is 0.260 e. The van der Waals surface area contributed by atoms with Crippen molar-refractivity contribution in [3.63, 3.8) is 0 Å². The van der Waals surface area contributed by atoms with Gasteiger partial charge in [0.1, 0.15) is 28.7 Å². The second-order valence-electron chi connectivity index (χ2n) is 7.15.